The Hall–Kier alpha value is -1.75. The normalized spacial score (nSPS) is 10.9. The van der Waals surface area contributed by atoms with Crippen molar-refractivity contribution in [2.75, 3.05) is 0 Å². The average molecular weight is 292 g/mol. The summed E-state index contributed by atoms with van der Waals surface area (Å²) in [7, 11) is 0. The molecule has 17 heavy (non-hydrogen) atoms. The van der Waals surface area contributed by atoms with Gasteiger partial charge in [0.05, 0.1) is 10.7 Å². The number of rotatable bonds is 1. The second kappa shape index (κ2) is 3.92. The van der Waals surface area contributed by atoms with Gasteiger partial charge in [0.1, 0.15) is 5.82 Å². The van der Waals surface area contributed by atoms with Crippen molar-refractivity contribution in [3.63, 3.8) is 0 Å². The van der Waals surface area contributed by atoms with E-state index in [1.54, 1.807) is 23.0 Å². The van der Waals surface area contributed by atoms with Gasteiger partial charge in [0, 0.05) is 18.0 Å². The summed E-state index contributed by atoms with van der Waals surface area (Å²) in [5.41, 5.74) is 2.35. The summed E-state index contributed by atoms with van der Waals surface area (Å²) in [5.74, 6) is -0.260. The molecule has 0 N–H and O–H groups in total. The highest BCUT2D eigenvalue weighted by Gasteiger charge is 2.05. The van der Waals surface area contributed by atoms with E-state index in [1.165, 1.54) is 12.1 Å². The van der Waals surface area contributed by atoms with Crippen LogP contribution >= 0.6 is 15.9 Å². The van der Waals surface area contributed by atoms with Crippen molar-refractivity contribution in [2.24, 2.45) is 0 Å². The molecule has 3 rings (SSSR count). The Bertz CT molecular complexity index is 693. The largest absolute Gasteiger partial charge is 0.235 e. The maximum atomic E-state index is 13.1. The second-order valence-corrected chi connectivity index (χ2v) is 4.47. The Morgan fingerprint density at radius 1 is 1.18 bits per heavy atom. The first-order valence-corrected chi connectivity index (χ1v) is 5.78. The fourth-order valence-corrected chi connectivity index (χ4v) is 2.04. The van der Waals surface area contributed by atoms with Gasteiger partial charge in [-0.05, 0) is 33.6 Å². The van der Waals surface area contributed by atoms with Crippen LogP contribution in [0.4, 0.5) is 4.39 Å². The van der Waals surface area contributed by atoms with Gasteiger partial charge in [0.15, 0.2) is 5.65 Å². The lowest BCUT2D eigenvalue weighted by atomic mass is 10.1. The van der Waals surface area contributed by atoms with Crippen molar-refractivity contribution in [3.8, 4) is 11.1 Å². The van der Waals surface area contributed by atoms with E-state index in [-0.39, 0.29) is 5.82 Å². The maximum Gasteiger partial charge on any atom is 0.169 e. The molecule has 0 aliphatic heterocycles. The molecule has 0 aliphatic rings. The Morgan fingerprint density at radius 3 is 2.88 bits per heavy atom. The van der Waals surface area contributed by atoms with Crippen LogP contribution in [0.2, 0.25) is 0 Å². The van der Waals surface area contributed by atoms with Crippen molar-refractivity contribution in [1.29, 1.82) is 0 Å². The molecule has 0 fully saturated rings. The summed E-state index contributed by atoms with van der Waals surface area (Å²) < 4.78 is 15.6. The van der Waals surface area contributed by atoms with Crippen LogP contribution in [-0.2, 0) is 0 Å². The van der Waals surface area contributed by atoms with Crippen molar-refractivity contribution in [1.82, 2.24) is 14.6 Å². The molecule has 2 heterocycles. The van der Waals surface area contributed by atoms with Gasteiger partial charge in [-0.25, -0.2) is 13.9 Å². The number of fused-ring (bicyclic) bond motifs is 1. The van der Waals surface area contributed by atoms with E-state index in [9.17, 15) is 4.39 Å². The van der Waals surface area contributed by atoms with E-state index in [0.717, 1.165) is 21.2 Å². The molecule has 84 valence electrons. The van der Waals surface area contributed by atoms with Gasteiger partial charge in [0.25, 0.3) is 0 Å². The van der Waals surface area contributed by atoms with Gasteiger partial charge in [-0.15, -0.1) is 0 Å². The van der Waals surface area contributed by atoms with Crippen LogP contribution in [0.5, 0.6) is 0 Å². The number of halogens is 2. The Labute approximate surface area is 105 Å². The third-order valence-electron chi connectivity index (χ3n) is 2.47. The van der Waals surface area contributed by atoms with E-state index < -0.39 is 0 Å². The fourth-order valence-electron chi connectivity index (χ4n) is 1.66. The molecule has 3 nitrogen and oxygen atoms in total. The zero-order valence-corrected chi connectivity index (χ0v) is 10.2. The number of hydrogen-bond donors (Lipinski definition) is 0. The zero-order chi connectivity index (χ0) is 11.8. The first-order valence-electron chi connectivity index (χ1n) is 4.99. The van der Waals surface area contributed by atoms with Crippen LogP contribution in [0.25, 0.3) is 16.8 Å². The first-order chi connectivity index (χ1) is 8.24. The molecule has 3 aromatic rings. The number of aromatic nitrogens is 3. The summed E-state index contributed by atoms with van der Waals surface area (Å²) in [4.78, 5) is 4.28. The minimum Gasteiger partial charge on any atom is -0.235 e. The van der Waals surface area contributed by atoms with Gasteiger partial charge in [-0.2, -0.15) is 5.10 Å². The highest BCUT2D eigenvalue weighted by atomic mass is 79.9. The summed E-state index contributed by atoms with van der Waals surface area (Å²) in [6.45, 7) is 0. The molecule has 5 heteroatoms. The molecule has 0 spiro atoms. The topological polar surface area (TPSA) is 30.2 Å². The van der Waals surface area contributed by atoms with Gasteiger partial charge in [-0.1, -0.05) is 12.1 Å². The standard InChI is InChI=1S/C12H7BrFN3/c13-11-6-16-17-7-9(5-15-12(11)17)8-2-1-3-10(14)4-8/h1-7H. The Morgan fingerprint density at radius 2 is 2.06 bits per heavy atom. The molecule has 0 saturated carbocycles. The average Bonchev–Trinajstić information content (AvgIpc) is 2.71. The van der Waals surface area contributed by atoms with Crippen molar-refractivity contribution in [3.05, 3.63) is 53.1 Å². The maximum absolute atomic E-state index is 13.1. The summed E-state index contributed by atoms with van der Waals surface area (Å²) in [6, 6.07) is 6.40. The molecule has 0 radical (unpaired) electrons. The Balaban J connectivity index is 2.18. The molecule has 0 amide bonds. The van der Waals surface area contributed by atoms with Crippen molar-refractivity contribution in [2.45, 2.75) is 0 Å². The summed E-state index contributed by atoms with van der Waals surface area (Å²) >= 11 is 3.35. The predicted molar refractivity (Wildman–Crippen MR) is 66.1 cm³/mol. The van der Waals surface area contributed by atoms with E-state index >= 15 is 0 Å². The highest BCUT2D eigenvalue weighted by molar-refractivity contribution is 9.10. The van der Waals surface area contributed by atoms with E-state index in [2.05, 4.69) is 26.0 Å². The first kappa shape index (κ1) is 10.4. The van der Waals surface area contributed by atoms with Crippen LogP contribution in [0.3, 0.4) is 0 Å². The number of benzene rings is 1. The molecular formula is C12H7BrFN3. The molecule has 0 saturated heterocycles. The predicted octanol–water partition coefficient (Wildman–Crippen LogP) is 3.30. The van der Waals surface area contributed by atoms with E-state index in [0.29, 0.717) is 0 Å². The quantitative estimate of drug-likeness (QED) is 0.689. The van der Waals surface area contributed by atoms with Crippen molar-refractivity contribution < 1.29 is 4.39 Å². The van der Waals surface area contributed by atoms with Gasteiger partial charge >= 0.3 is 0 Å². The van der Waals surface area contributed by atoms with Crippen LogP contribution in [0.1, 0.15) is 0 Å². The number of nitrogens with zero attached hydrogens (tertiary/aromatic N) is 3. The molecule has 0 aliphatic carbocycles. The fraction of sp³-hybridized carbons (Fsp3) is 0. The second-order valence-electron chi connectivity index (χ2n) is 3.61. The SMILES string of the molecule is Fc1cccc(-c2cnc3c(Br)cnn3c2)c1. The minimum absolute atomic E-state index is 0.260. The molecular weight excluding hydrogens is 285 g/mol. The molecule has 0 bridgehead atoms. The van der Waals surface area contributed by atoms with Gasteiger partial charge < -0.3 is 0 Å². The van der Waals surface area contributed by atoms with Crippen LogP contribution in [0.15, 0.2) is 47.3 Å². The van der Waals surface area contributed by atoms with Crippen LogP contribution in [0, 0.1) is 5.82 Å². The zero-order valence-electron chi connectivity index (χ0n) is 8.64. The molecule has 0 atom stereocenters. The monoisotopic (exact) mass is 291 g/mol. The summed E-state index contributed by atoms with van der Waals surface area (Å²) in [6.07, 6.45) is 5.20. The lowest BCUT2D eigenvalue weighted by molar-refractivity contribution is 0.628. The van der Waals surface area contributed by atoms with Crippen LogP contribution in [-0.4, -0.2) is 14.6 Å². The van der Waals surface area contributed by atoms with Crippen LogP contribution < -0.4 is 0 Å². The lowest BCUT2D eigenvalue weighted by Crippen LogP contribution is -1.91. The lowest BCUT2D eigenvalue weighted by Gasteiger charge is -2.02. The van der Waals surface area contributed by atoms with E-state index in [1.807, 2.05) is 12.3 Å². The molecule has 0 unspecified atom stereocenters. The smallest absolute Gasteiger partial charge is 0.169 e. The molecule has 2 aromatic heterocycles. The van der Waals surface area contributed by atoms with Gasteiger partial charge in [0.2, 0.25) is 0 Å². The van der Waals surface area contributed by atoms with E-state index in [4.69, 9.17) is 0 Å². The Kier molecular flexibility index (Phi) is 2.40. The molecule has 1 aromatic carbocycles. The van der Waals surface area contributed by atoms with Gasteiger partial charge in [-0.3, -0.25) is 0 Å². The highest BCUT2D eigenvalue weighted by Crippen LogP contribution is 2.21. The third kappa shape index (κ3) is 1.82. The van der Waals surface area contributed by atoms with Crippen molar-refractivity contribution >= 4 is 21.6 Å². The number of hydrogen-bond acceptors (Lipinski definition) is 2. The third-order valence-corrected chi connectivity index (χ3v) is 3.03. The summed E-state index contributed by atoms with van der Waals surface area (Å²) in [5, 5.41) is 4.14. The minimum atomic E-state index is -0.260.